The number of thiazole rings is 1. The van der Waals surface area contributed by atoms with Gasteiger partial charge in [-0.25, -0.2) is 9.98 Å². The van der Waals surface area contributed by atoms with E-state index in [0.29, 0.717) is 19.8 Å². The van der Waals surface area contributed by atoms with Gasteiger partial charge >= 0.3 is 0 Å². The summed E-state index contributed by atoms with van der Waals surface area (Å²) in [6.45, 7) is 7.59. The van der Waals surface area contributed by atoms with Crippen LogP contribution in [-0.2, 0) is 30.9 Å². The van der Waals surface area contributed by atoms with Crippen LogP contribution >= 0.6 is 35.3 Å². The van der Waals surface area contributed by atoms with Crippen molar-refractivity contribution in [1.82, 2.24) is 15.6 Å². The fraction of sp³-hybridized carbons (Fsp3) is 0.333. The average Bonchev–Trinajstić information content (AvgIpc) is 3.18. The lowest BCUT2D eigenvalue weighted by atomic mass is 10.1. The number of benzene rings is 2. The molecule has 2 aromatic carbocycles. The fourth-order valence-corrected chi connectivity index (χ4v) is 3.80. The van der Waals surface area contributed by atoms with Crippen molar-refractivity contribution in [2.24, 2.45) is 4.99 Å². The molecule has 1 heterocycles. The van der Waals surface area contributed by atoms with Crippen molar-refractivity contribution in [1.29, 1.82) is 0 Å². The molecule has 0 saturated heterocycles. The topological polar surface area (TPSA) is 58.5 Å². The summed E-state index contributed by atoms with van der Waals surface area (Å²) in [6.07, 6.45) is 2.82. The van der Waals surface area contributed by atoms with Gasteiger partial charge in [0.15, 0.2) is 5.96 Å². The SMILES string of the molecule is CCNC(=NCc1ccccc1COCc1ccccc1)NCCc1ncc(C)s1.I. The van der Waals surface area contributed by atoms with Crippen LogP contribution in [0.15, 0.2) is 65.8 Å². The van der Waals surface area contributed by atoms with E-state index in [-0.39, 0.29) is 24.0 Å². The Morgan fingerprint density at radius 2 is 1.74 bits per heavy atom. The van der Waals surface area contributed by atoms with Crippen LogP contribution in [0, 0.1) is 6.92 Å². The van der Waals surface area contributed by atoms with Gasteiger partial charge in [0.1, 0.15) is 0 Å². The lowest BCUT2D eigenvalue weighted by Gasteiger charge is -2.12. The second-order valence-electron chi connectivity index (χ2n) is 6.98. The van der Waals surface area contributed by atoms with E-state index in [4.69, 9.17) is 9.73 Å². The Balaban J connectivity index is 0.00000341. The Kier molecular flexibility index (Phi) is 11.6. The molecule has 3 rings (SSSR count). The van der Waals surface area contributed by atoms with Crippen LogP contribution in [0.2, 0.25) is 0 Å². The van der Waals surface area contributed by atoms with Gasteiger partial charge in [0.05, 0.1) is 24.8 Å². The second kappa shape index (κ2) is 14.2. The normalized spacial score (nSPS) is 11.1. The van der Waals surface area contributed by atoms with Crippen LogP contribution in [0.25, 0.3) is 0 Å². The van der Waals surface area contributed by atoms with E-state index in [9.17, 15) is 0 Å². The first-order valence-corrected chi connectivity index (χ1v) is 11.2. The quantitative estimate of drug-likeness (QED) is 0.210. The maximum atomic E-state index is 5.93. The Morgan fingerprint density at radius 3 is 2.45 bits per heavy atom. The highest BCUT2D eigenvalue weighted by Gasteiger charge is 2.04. The van der Waals surface area contributed by atoms with Crippen LogP contribution in [-0.4, -0.2) is 24.0 Å². The van der Waals surface area contributed by atoms with Crippen LogP contribution in [0.3, 0.4) is 0 Å². The monoisotopic (exact) mass is 550 g/mol. The van der Waals surface area contributed by atoms with Crippen LogP contribution in [0.5, 0.6) is 0 Å². The summed E-state index contributed by atoms with van der Waals surface area (Å²) in [5, 5.41) is 7.88. The highest BCUT2D eigenvalue weighted by molar-refractivity contribution is 14.0. The third-order valence-corrected chi connectivity index (χ3v) is 5.51. The summed E-state index contributed by atoms with van der Waals surface area (Å²) in [6, 6.07) is 18.6. The number of nitrogens with zero attached hydrogens (tertiary/aromatic N) is 2. The van der Waals surface area contributed by atoms with E-state index < -0.39 is 0 Å². The van der Waals surface area contributed by atoms with Gasteiger partial charge in [0.25, 0.3) is 0 Å². The summed E-state index contributed by atoms with van der Waals surface area (Å²) < 4.78 is 5.93. The number of aromatic nitrogens is 1. The Labute approximate surface area is 206 Å². The molecule has 0 fully saturated rings. The minimum Gasteiger partial charge on any atom is -0.372 e. The fourth-order valence-electron chi connectivity index (χ4n) is 3.02. The van der Waals surface area contributed by atoms with Gasteiger partial charge in [-0.15, -0.1) is 35.3 Å². The third kappa shape index (κ3) is 8.96. The zero-order valence-electron chi connectivity index (χ0n) is 18.1. The maximum absolute atomic E-state index is 5.93. The Hall–Kier alpha value is -1.97. The minimum absolute atomic E-state index is 0. The number of hydrogen-bond acceptors (Lipinski definition) is 4. The molecule has 0 unspecified atom stereocenters. The summed E-state index contributed by atoms with van der Waals surface area (Å²) in [4.78, 5) is 10.4. The molecule has 0 amide bonds. The molecule has 0 aliphatic rings. The molecular formula is C24H31IN4OS. The molecular weight excluding hydrogens is 519 g/mol. The van der Waals surface area contributed by atoms with Gasteiger partial charge in [-0.3, -0.25) is 0 Å². The second-order valence-corrected chi connectivity index (χ2v) is 8.30. The molecule has 0 atom stereocenters. The third-order valence-electron chi connectivity index (χ3n) is 4.54. The standard InChI is InChI=1S/C24H30N4OS.HI/c1-3-25-24(26-14-13-23-27-15-19(2)30-23)28-16-21-11-7-8-12-22(21)18-29-17-20-9-5-4-6-10-20;/h4-12,15H,3,13-14,16-18H2,1-2H3,(H2,25,26,28);1H. The zero-order valence-corrected chi connectivity index (χ0v) is 21.3. The van der Waals surface area contributed by atoms with Crippen molar-refractivity contribution < 1.29 is 4.74 Å². The van der Waals surface area contributed by atoms with Crippen molar-refractivity contribution >= 4 is 41.3 Å². The van der Waals surface area contributed by atoms with Crippen LogP contribution in [0.1, 0.15) is 33.5 Å². The first-order chi connectivity index (χ1) is 14.7. The Bertz CT molecular complexity index is 930. The molecule has 166 valence electrons. The first kappa shape index (κ1) is 25.3. The predicted molar refractivity (Wildman–Crippen MR) is 140 cm³/mol. The van der Waals surface area contributed by atoms with Gasteiger partial charge < -0.3 is 15.4 Å². The predicted octanol–water partition coefficient (Wildman–Crippen LogP) is 5.08. The van der Waals surface area contributed by atoms with Gasteiger partial charge in [0, 0.05) is 30.6 Å². The molecule has 7 heteroatoms. The molecule has 5 nitrogen and oxygen atoms in total. The van der Waals surface area contributed by atoms with Crippen LogP contribution < -0.4 is 10.6 Å². The van der Waals surface area contributed by atoms with Crippen molar-refractivity contribution in [2.45, 2.75) is 40.0 Å². The summed E-state index contributed by atoms with van der Waals surface area (Å²) in [5.74, 6) is 0.825. The molecule has 0 aliphatic heterocycles. The van der Waals surface area contributed by atoms with E-state index in [1.54, 1.807) is 11.3 Å². The molecule has 0 bridgehead atoms. The van der Waals surface area contributed by atoms with E-state index >= 15 is 0 Å². The lowest BCUT2D eigenvalue weighted by molar-refractivity contribution is 0.106. The number of halogens is 1. The van der Waals surface area contributed by atoms with Crippen molar-refractivity contribution in [2.75, 3.05) is 13.1 Å². The lowest BCUT2D eigenvalue weighted by Crippen LogP contribution is -2.38. The van der Waals surface area contributed by atoms with Crippen molar-refractivity contribution in [3.8, 4) is 0 Å². The van der Waals surface area contributed by atoms with E-state index in [1.165, 1.54) is 21.6 Å². The number of aryl methyl sites for hydroxylation is 1. The summed E-state index contributed by atoms with van der Waals surface area (Å²) in [7, 11) is 0. The number of aliphatic imine (C=N–C) groups is 1. The highest BCUT2D eigenvalue weighted by atomic mass is 127. The molecule has 0 aliphatic carbocycles. The molecule has 0 radical (unpaired) electrons. The molecule has 1 aromatic heterocycles. The Morgan fingerprint density at radius 1 is 1.00 bits per heavy atom. The number of guanidine groups is 1. The largest absolute Gasteiger partial charge is 0.372 e. The number of ether oxygens (including phenoxy) is 1. The molecule has 31 heavy (non-hydrogen) atoms. The first-order valence-electron chi connectivity index (χ1n) is 10.4. The minimum atomic E-state index is 0. The average molecular weight is 551 g/mol. The smallest absolute Gasteiger partial charge is 0.191 e. The number of hydrogen-bond donors (Lipinski definition) is 2. The summed E-state index contributed by atoms with van der Waals surface area (Å²) in [5.41, 5.74) is 3.53. The summed E-state index contributed by atoms with van der Waals surface area (Å²) >= 11 is 1.75. The van der Waals surface area contributed by atoms with E-state index in [0.717, 1.165) is 30.5 Å². The van der Waals surface area contributed by atoms with Gasteiger partial charge in [-0.2, -0.15) is 0 Å². The van der Waals surface area contributed by atoms with Crippen LogP contribution in [0.4, 0.5) is 0 Å². The highest BCUT2D eigenvalue weighted by Crippen LogP contribution is 2.13. The van der Waals surface area contributed by atoms with Crippen molar-refractivity contribution in [3.05, 3.63) is 87.4 Å². The number of rotatable bonds is 10. The molecule has 0 spiro atoms. The van der Waals surface area contributed by atoms with E-state index in [2.05, 4.69) is 59.8 Å². The zero-order chi connectivity index (χ0) is 21.0. The number of nitrogens with one attached hydrogen (secondary N) is 2. The van der Waals surface area contributed by atoms with Crippen molar-refractivity contribution in [3.63, 3.8) is 0 Å². The molecule has 2 N–H and O–H groups in total. The maximum Gasteiger partial charge on any atom is 0.191 e. The molecule has 3 aromatic rings. The van der Waals surface area contributed by atoms with Gasteiger partial charge in [-0.1, -0.05) is 54.6 Å². The van der Waals surface area contributed by atoms with E-state index in [1.807, 2.05) is 30.5 Å². The van der Waals surface area contributed by atoms with Gasteiger partial charge in [-0.05, 0) is 30.5 Å². The van der Waals surface area contributed by atoms with Gasteiger partial charge in [0.2, 0.25) is 0 Å². The molecule has 0 saturated carbocycles.